The van der Waals surface area contributed by atoms with Crippen molar-refractivity contribution in [2.45, 2.75) is 19.0 Å². The first-order valence-electron chi connectivity index (χ1n) is 5.49. The summed E-state index contributed by atoms with van der Waals surface area (Å²) < 4.78 is 4.98. The average Bonchev–Trinajstić information content (AvgIpc) is 2.30. The molecule has 0 bridgehead atoms. The van der Waals surface area contributed by atoms with Gasteiger partial charge in [-0.1, -0.05) is 11.8 Å². The fourth-order valence-corrected chi connectivity index (χ4v) is 2.19. The van der Waals surface area contributed by atoms with Crippen molar-refractivity contribution in [3.8, 4) is 0 Å². The second-order valence-electron chi connectivity index (χ2n) is 3.20. The van der Waals surface area contributed by atoms with Gasteiger partial charge < -0.3 is 9.64 Å². The van der Waals surface area contributed by atoms with Gasteiger partial charge in [0.1, 0.15) is 0 Å². The van der Waals surface area contributed by atoms with Crippen LogP contribution in [0.3, 0.4) is 0 Å². The van der Waals surface area contributed by atoms with E-state index in [9.17, 15) is 0 Å². The fraction of sp³-hybridized carbons (Fsp3) is 0.700. The summed E-state index contributed by atoms with van der Waals surface area (Å²) in [6.45, 7) is 6.46. The molecule has 0 amide bonds. The van der Waals surface area contributed by atoms with Gasteiger partial charge in [0.25, 0.3) is 0 Å². The molecule has 0 aliphatic heterocycles. The summed E-state index contributed by atoms with van der Waals surface area (Å²) in [6.07, 6.45) is 0. The average molecular weight is 277 g/mol. The molecule has 0 aliphatic carbocycles. The van der Waals surface area contributed by atoms with Gasteiger partial charge in [-0.3, -0.25) is 0 Å². The number of thioether (sulfide) groups is 1. The Balaban J connectivity index is 2.78. The van der Waals surface area contributed by atoms with Gasteiger partial charge in [-0.05, 0) is 25.4 Å². The number of methoxy groups -OCH3 is 1. The van der Waals surface area contributed by atoms with Crippen LogP contribution in [0.25, 0.3) is 0 Å². The Kier molecular flexibility index (Phi) is 6.54. The molecule has 0 spiro atoms. The van der Waals surface area contributed by atoms with Crippen molar-refractivity contribution in [2.24, 2.45) is 0 Å². The largest absolute Gasteiger partial charge is 0.384 e. The molecule has 1 rings (SSSR count). The first-order chi connectivity index (χ1) is 8.21. The van der Waals surface area contributed by atoms with Crippen molar-refractivity contribution in [1.29, 1.82) is 0 Å². The van der Waals surface area contributed by atoms with Crippen molar-refractivity contribution in [3.05, 3.63) is 5.28 Å². The Hall–Kier alpha value is -0.590. The van der Waals surface area contributed by atoms with E-state index >= 15 is 0 Å². The molecule has 0 atom stereocenters. The summed E-state index contributed by atoms with van der Waals surface area (Å²) in [6, 6.07) is 0. The zero-order valence-electron chi connectivity index (χ0n) is 10.3. The lowest BCUT2D eigenvalue weighted by Crippen LogP contribution is -2.24. The second kappa shape index (κ2) is 7.68. The van der Waals surface area contributed by atoms with Gasteiger partial charge >= 0.3 is 0 Å². The lowest BCUT2D eigenvalue weighted by molar-refractivity contribution is 0.218. The summed E-state index contributed by atoms with van der Waals surface area (Å²) in [7, 11) is 1.67. The van der Waals surface area contributed by atoms with Gasteiger partial charge in [0.2, 0.25) is 11.2 Å². The van der Waals surface area contributed by atoms with Crippen LogP contribution < -0.4 is 4.90 Å². The SMILES string of the molecule is CCN(CC)c1nc(Cl)nc(SCCOC)n1. The number of hydrogen-bond acceptors (Lipinski definition) is 6. The summed E-state index contributed by atoms with van der Waals surface area (Å²) in [4.78, 5) is 14.6. The molecule has 1 aromatic heterocycles. The van der Waals surface area contributed by atoms with E-state index in [0.29, 0.717) is 17.7 Å². The number of rotatable bonds is 7. The Morgan fingerprint density at radius 2 is 1.94 bits per heavy atom. The van der Waals surface area contributed by atoms with E-state index in [1.54, 1.807) is 7.11 Å². The van der Waals surface area contributed by atoms with Crippen molar-refractivity contribution < 1.29 is 4.74 Å². The molecule has 0 saturated heterocycles. The summed E-state index contributed by atoms with van der Waals surface area (Å²) in [5.41, 5.74) is 0. The van der Waals surface area contributed by atoms with Crippen LogP contribution in [0.15, 0.2) is 5.16 Å². The van der Waals surface area contributed by atoms with Crippen LogP contribution in [0, 0.1) is 0 Å². The number of anilines is 1. The maximum Gasteiger partial charge on any atom is 0.230 e. The molecule has 0 aliphatic rings. The lowest BCUT2D eigenvalue weighted by Gasteiger charge is -2.18. The maximum absolute atomic E-state index is 5.89. The van der Waals surface area contributed by atoms with Crippen LogP contribution in [-0.4, -0.2) is 47.5 Å². The number of ether oxygens (including phenoxy) is 1. The molecule has 0 aromatic carbocycles. The minimum atomic E-state index is 0.238. The molecule has 0 radical (unpaired) electrons. The minimum absolute atomic E-state index is 0.238. The van der Waals surface area contributed by atoms with Crippen LogP contribution in [-0.2, 0) is 4.74 Å². The van der Waals surface area contributed by atoms with E-state index in [4.69, 9.17) is 16.3 Å². The number of halogens is 1. The topological polar surface area (TPSA) is 51.1 Å². The molecular weight excluding hydrogens is 260 g/mol. The molecule has 1 heterocycles. The summed E-state index contributed by atoms with van der Waals surface area (Å²) in [5, 5.41) is 0.880. The van der Waals surface area contributed by atoms with E-state index in [2.05, 4.69) is 28.8 Å². The summed E-state index contributed by atoms with van der Waals surface area (Å²) in [5.74, 6) is 1.43. The van der Waals surface area contributed by atoms with Crippen molar-refractivity contribution >= 4 is 29.3 Å². The second-order valence-corrected chi connectivity index (χ2v) is 4.60. The third kappa shape index (κ3) is 4.65. The molecule has 0 unspecified atom stereocenters. The predicted molar refractivity (Wildman–Crippen MR) is 71.0 cm³/mol. The monoisotopic (exact) mass is 276 g/mol. The minimum Gasteiger partial charge on any atom is -0.384 e. The van der Waals surface area contributed by atoms with Gasteiger partial charge in [-0.25, -0.2) is 0 Å². The van der Waals surface area contributed by atoms with Crippen molar-refractivity contribution in [3.63, 3.8) is 0 Å². The zero-order chi connectivity index (χ0) is 12.7. The number of nitrogens with zero attached hydrogens (tertiary/aromatic N) is 4. The third-order valence-electron chi connectivity index (χ3n) is 2.14. The molecule has 17 heavy (non-hydrogen) atoms. The van der Waals surface area contributed by atoms with Gasteiger partial charge in [-0.15, -0.1) is 0 Å². The predicted octanol–water partition coefficient (Wildman–Crippen LogP) is 2.11. The fourth-order valence-electron chi connectivity index (χ4n) is 1.25. The van der Waals surface area contributed by atoms with Crippen LogP contribution in [0.1, 0.15) is 13.8 Å². The Morgan fingerprint density at radius 1 is 1.24 bits per heavy atom. The normalized spacial score (nSPS) is 10.6. The quantitative estimate of drug-likeness (QED) is 0.562. The highest BCUT2D eigenvalue weighted by Gasteiger charge is 2.10. The molecule has 0 fully saturated rings. The van der Waals surface area contributed by atoms with Crippen LogP contribution in [0.2, 0.25) is 5.28 Å². The van der Waals surface area contributed by atoms with Gasteiger partial charge in [0.15, 0.2) is 5.16 Å². The zero-order valence-corrected chi connectivity index (χ0v) is 11.9. The van der Waals surface area contributed by atoms with Gasteiger partial charge in [0, 0.05) is 26.0 Å². The molecule has 0 N–H and O–H groups in total. The molecule has 1 aromatic rings. The Bertz CT molecular complexity index is 349. The third-order valence-corrected chi connectivity index (χ3v) is 3.12. The summed E-state index contributed by atoms with van der Waals surface area (Å²) >= 11 is 7.40. The van der Waals surface area contributed by atoms with Crippen LogP contribution >= 0.6 is 23.4 Å². The molecule has 96 valence electrons. The van der Waals surface area contributed by atoms with E-state index < -0.39 is 0 Å². The standard InChI is InChI=1S/C10H17ClN4OS/c1-4-15(5-2)9-12-8(11)13-10(14-9)17-7-6-16-3/h4-7H2,1-3H3. The van der Waals surface area contributed by atoms with Crippen molar-refractivity contribution in [1.82, 2.24) is 15.0 Å². The highest BCUT2D eigenvalue weighted by molar-refractivity contribution is 7.99. The van der Waals surface area contributed by atoms with Gasteiger partial charge in [-0.2, -0.15) is 15.0 Å². The smallest absolute Gasteiger partial charge is 0.230 e. The van der Waals surface area contributed by atoms with E-state index in [1.165, 1.54) is 11.8 Å². The molecular formula is C10H17ClN4OS. The Morgan fingerprint density at radius 3 is 2.53 bits per heavy atom. The first kappa shape index (κ1) is 14.5. The first-order valence-corrected chi connectivity index (χ1v) is 6.85. The lowest BCUT2D eigenvalue weighted by atomic mass is 10.5. The number of aromatic nitrogens is 3. The highest BCUT2D eigenvalue weighted by Crippen LogP contribution is 2.18. The number of hydrogen-bond donors (Lipinski definition) is 0. The van der Waals surface area contributed by atoms with Crippen LogP contribution in [0.5, 0.6) is 0 Å². The molecule has 5 nitrogen and oxygen atoms in total. The maximum atomic E-state index is 5.89. The Labute approximate surface area is 111 Å². The van der Waals surface area contributed by atoms with Crippen molar-refractivity contribution in [2.75, 3.05) is 37.5 Å². The molecule has 0 saturated carbocycles. The molecule has 7 heteroatoms. The van der Waals surface area contributed by atoms with E-state index in [0.717, 1.165) is 18.8 Å². The van der Waals surface area contributed by atoms with Crippen LogP contribution in [0.4, 0.5) is 5.95 Å². The van der Waals surface area contributed by atoms with E-state index in [1.807, 2.05) is 4.90 Å². The highest BCUT2D eigenvalue weighted by atomic mass is 35.5. The van der Waals surface area contributed by atoms with E-state index in [-0.39, 0.29) is 5.28 Å². The van der Waals surface area contributed by atoms with Gasteiger partial charge in [0.05, 0.1) is 6.61 Å².